The summed E-state index contributed by atoms with van der Waals surface area (Å²) in [4.78, 5) is 0. The van der Waals surface area contributed by atoms with E-state index in [1.807, 2.05) is 48.5 Å². The Kier molecular flexibility index (Phi) is 3.61. The number of hydrogen-bond acceptors (Lipinski definition) is 2. The van der Waals surface area contributed by atoms with Gasteiger partial charge in [-0.05, 0) is 35.2 Å². The molecule has 0 spiro atoms. The van der Waals surface area contributed by atoms with Gasteiger partial charge in [0.15, 0.2) is 0 Å². The lowest BCUT2D eigenvalue weighted by atomic mass is 9.96. The highest BCUT2D eigenvalue weighted by Gasteiger charge is 2.09. The summed E-state index contributed by atoms with van der Waals surface area (Å²) in [5, 5.41) is 0. The highest BCUT2D eigenvalue weighted by atomic mass is 14.6. The van der Waals surface area contributed by atoms with Crippen molar-refractivity contribution in [2.75, 3.05) is 11.5 Å². The molecule has 0 aliphatic carbocycles. The predicted molar refractivity (Wildman–Crippen MR) is 90.0 cm³/mol. The van der Waals surface area contributed by atoms with Crippen LogP contribution in [0.1, 0.15) is 11.1 Å². The summed E-state index contributed by atoms with van der Waals surface area (Å²) in [6, 6.07) is 24.3. The van der Waals surface area contributed by atoms with Gasteiger partial charge in [-0.2, -0.15) is 0 Å². The van der Waals surface area contributed by atoms with E-state index < -0.39 is 0 Å². The second-order valence-electron chi connectivity index (χ2n) is 5.17. The maximum atomic E-state index is 6.38. The Morgan fingerprint density at radius 2 is 1.33 bits per heavy atom. The minimum Gasteiger partial charge on any atom is -0.399 e. The van der Waals surface area contributed by atoms with E-state index in [0.29, 0.717) is 0 Å². The minimum absolute atomic E-state index is 0.744. The van der Waals surface area contributed by atoms with Crippen LogP contribution in [-0.2, 0) is 6.42 Å². The summed E-state index contributed by atoms with van der Waals surface area (Å²) in [7, 11) is 0. The fourth-order valence-corrected chi connectivity index (χ4v) is 2.56. The standard InChI is InChI=1S/C19H18N2/c20-17-12-16(11-14-7-3-1-4-8-14)19(21)18(13-17)15-9-5-2-6-10-15/h1-10,12-13H,11,20-21H2. The maximum absolute atomic E-state index is 6.38. The van der Waals surface area contributed by atoms with Crippen LogP contribution in [0.4, 0.5) is 11.4 Å². The Bertz CT molecular complexity index is 734. The van der Waals surface area contributed by atoms with Gasteiger partial charge < -0.3 is 11.5 Å². The Morgan fingerprint density at radius 1 is 0.714 bits per heavy atom. The first-order chi connectivity index (χ1) is 10.2. The fraction of sp³-hybridized carbons (Fsp3) is 0.0526. The average molecular weight is 274 g/mol. The molecule has 3 rings (SSSR count). The largest absolute Gasteiger partial charge is 0.399 e. The van der Waals surface area contributed by atoms with Crippen molar-refractivity contribution in [3.05, 3.63) is 83.9 Å². The van der Waals surface area contributed by atoms with Gasteiger partial charge >= 0.3 is 0 Å². The van der Waals surface area contributed by atoms with Gasteiger partial charge in [0.2, 0.25) is 0 Å². The van der Waals surface area contributed by atoms with E-state index in [0.717, 1.165) is 34.5 Å². The molecule has 21 heavy (non-hydrogen) atoms. The molecule has 0 bridgehead atoms. The molecule has 0 unspecified atom stereocenters. The zero-order valence-corrected chi connectivity index (χ0v) is 11.8. The van der Waals surface area contributed by atoms with Crippen molar-refractivity contribution < 1.29 is 0 Å². The Labute approximate surface area is 125 Å². The molecule has 0 heterocycles. The molecule has 2 heteroatoms. The lowest BCUT2D eigenvalue weighted by Gasteiger charge is -2.13. The van der Waals surface area contributed by atoms with E-state index in [9.17, 15) is 0 Å². The second-order valence-corrected chi connectivity index (χ2v) is 5.17. The molecule has 3 aromatic carbocycles. The van der Waals surface area contributed by atoms with Crippen LogP contribution in [0.2, 0.25) is 0 Å². The molecule has 0 aliphatic heterocycles. The molecule has 0 atom stereocenters. The molecule has 0 radical (unpaired) electrons. The van der Waals surface area contributed by atoms with Crippen molar-refractivity contribution in [1.29, 1.82) is 0 Å². The van der Waals surface area contributed by atoms with Crippen LogP contribution in [0.5, 0.6) is 0 Å². The molecule has 0 aromatic heterocycles. The number of nitrogens with two attached hydrogens (primary N) is 2. The molecule has 0 amide bonds. The van der Waals surface area contributed by atoms with E-state index in [1.165, 1.54) is 5.56 Å². The molecule has 104 valence electrons. The van der Waals surface area contributed by atoms with Crippen LogP contribution in [-0.4, -0.2) is 0 Å². The predicted octanol–water partition coefficient (Wildman–Crippen LogP) is 4.11. The van der Waals surface area contributed by atoms with Crippen molar-refractivity contribution in [2.24, 2.45) is 0 Å². The third-order valence-electron chi connectivity index (χ3n) is 3.61. The van der Waals surface area contributed by atoms with Crippen molar-refractivity contribution in [2.45, 2.75) is 6.42 Å². The summed E-state index contributed by atoms with van der Waals surface area (Å²) < 4.78 is 0. The van der Waals surface area contributed by atoms with Gasteiger partial charge in [-0.1, -0.05) is 60.7 Å². The molecular formula is C19H18N2. The summed E-state index contributed by atoms with van der Waals surface area (Å²) in [5.74, 6) is 0. The van der Waals surface area contributed by atoms with Crippen molar-refractivity contribution in [1.82, 2.24) is 0 Å². The molecule has 0 aliphatic rings. The highest BCUT2D eigenvalue weighted by Crippen LogP contribution is 2.32. The van der Waals surface area contributed by atoms with Gasteiger partial charge in [0.1, 0.15) is 0 Å². The van der Waals surface area contributed by atoms with E-state index in [-0.39, 0.29) is 0 Å². The molecule has 2 nitrogen and oxygen atoms in total. The Balaban J connectivity index is 2.04. The summed E-state index contributed by atoms with van der Waals surface area (Å²) in [5.41, 5.74) is 18.4. The summed E-state index contributed by atoms with van der Waals surface area (Å²) >= 11 is 0. The molecule has 0 fully saturated rings. The molecule has 0 saturated carbocycles. The molecule has 3 aromatic rings. The van der Waals surface area contributed by atoms with E-state index in [1.54, 1.807) is 0 Å². The maximum Gasteiger partial charge on any atom is 0.0431 e. The van der Waals surface area contributed by atoms with E-state index >= 15 is 0 Å². The number of benzene rings is 3. The van der Waals surface area contributed by atoms with E-state index in [2.05, 4.69) is 24.3 Å². The smallest absolute Gasteiger partial charge is 0.0431 e. The highest BCUT2D eigenvalue weighted by molar-refractivity contribution is 5.82. The van der Waals surface area contributed by atoms with Crippen LogP contribution >= 0.6 is 0 Å². The molecule has 4 N–H and O–H groups in total. The van der Waals surface area contributed by atoms with Crippen LogP contribution in [0.25, 0.3) is 11.1 Å². The van der Waals surface area contributed by atoms with Gasteiger partial charge in [0.25, 0.3) is 0 Å². The number of anilines is 2. The number of rotatable bonds is 3. The number of hydrogen-bond donors (Lipinski definition) is 2. The summed E-state index contributed by atoms with van der Waals surface area (Å²) in [6.07, 6.45) is 0.789. The zero-order valence-electron chi connectivity index (χ0n) is 11.8. The zero-order chi connectivity index (χ0) is 14.7. The number of nitrogen functional groups attached to an aromatic ring is 2. The quantitative estimate of drug-likeness (QED) is 0.706. The second kappa shape index (κ2) is 5.71. The van der Waals surface area contributed by atoms with Gasteiger partial charge in [0, 0.05) is 16.9 Å². The van der Waals surface area contributed by atoms with Crippen LogP contribution in [0.3, 0.4) is 0 Å². The third kappa shape index (κ3) is 2.90. The lowest BCUT2D eigenvalue weighted by molar-refractivity contribution is 1.20. The average Bonchev–Trinajstić information content (AvgIpc) is 2.52. The molecule has 0 saturated heterocycles. The van der Waals surface area contributed by atoms with Crippen molar-refractivity contribution in [3.63, 3.8) is 0 Å². The monoisotopic (exact) mass is 274 g/mol. The first-order valence-electron chi connectivity index (χ1n) is 7.01. The first-order valence-corrected chi connectivity index (χ1v) is 7.01. The van der Waals surface area contributed by atoms with Crippen molar-refractivity contribution in [3.8, 4) is 11.1 Å². The first kappa shape index (κ1) is 13.3. The third-order valence-corrected chi connectivity index (χ3v) is 3.61. The van der Waals surface area contributed by atoms with Crippen LogP contribution in [0.15, 0.2) is 72.8 Å². The van der Waals surface area contributed by atoms with Gasteiger partial charge in [-0.25, -0.2) is 0 Å². The van der Waals surface area contributed by atoms with Gasteiger partial charge in [-0.3, -0.25) is 0 Å². The summed E-state index contributed by atoms with van der Waals surface area (Å²) in [6.45, 7) is 0. The minimum atomic E-state index is 0.744. The molecular weight excluding hydrogens is 256 g/mol. The Hall–Kier alpha value is -2.74. The Morgan fingerprint density at radius 3 is 2.00 bits per heavy atom. The SMILES string of the molecule is Nc1cc(Cc2ccccc2)c(N)c(-c2ccccc2)c1. The van der Waals surface area contributed by atoms with Gasteiger partial charge in [-0.15, -0.1) is 0 Å². The normalized spacial score (nSPS) is 10.5. The van der Waals surface area contributed by atoms with Gasteiger partial charge in [0.05, 0.1) is 0 Å². The van der Waals surface area contributed by atoms with Crippen LogP contribution < -0.4 is 11.5 Å². The van der Waals surface area contributed by atoms with Crippen LogP contribution in [0, 0.1) is 0 Å². The van der Waals surface area contributed by atoms with Crippen molar-refractivity contribution >= 4 is 11.4 Å². The topological polar surface area (TPSA) is 52.0 Å². The van der Waals surface area contributed by atoms with E-state index in [4.69, 9.17) is 11.5 Å². The lowest BCUT2D eigenvalue weighted by Crippen LogP contribution is -2.01. The fourth-order valence-electron chi connectivity index (χ4n) is 2.56.